The van der Waals surface area contributed by atoms with Gasteiger partial charge in [-0.1, -0.05) is 13.8 Å². The molecule has 3 aromatic heterocycles. The first kappa shape index (κ1) is 14.8. The second-order valence-corrected chi connectivity index (χ2v) is 6.73. The number of H-pyrrole nitrogens is 1. The van der Waals surface area contributed by atoms with Crippen LogP contribution in [0.5, 0.6) is 5.88 Å². The second-order valence-electron chi connectivity index (χ2n) is 6.73. The molecule has 24 heavy (non-hydrogen) atoms. The van der Waals surface area contributed by atoms with E-state index in [1.54, 1.807) is 16.8 Å². The average Bonchev–Trinajstić information content (AvgIpc) is 3.07. The Morgan fingerprint density at radius 1 is 1.50 bits per heavy atom. The van der Waals surface area contributed by atoms with Gasteiger partial charge in [0, 0.05) is 18.8 Å². The van der Waals surface area contributed by atoms with E-state index in [0.29, 0.717) is 17.8 Å². The third-order valence-electron chi connectivity index (χ3n) is 4.20. The molecule has 1 amide bonds. The lowest BCUT2D eigenvalue weighted by molar-refractivity contribution is 0.0944. The molecule has 0 radical (unpaired) electrons. The van der Waals surface area contributed by atoms with Crippen LogP contribution in [-0.4, -0.2) is 36.2 Å². The molecule has 0 aliphatic heterocycles. The van der Waals surface area contributed by atoms with Crippen molar-refractivity contribution in [3.63, 3.8) is 0 Å². The second kappa shape index (κ2) is 5.12. The van der Waals surface area contributed by atoms with E-state index in [9.17, 15) is 14.7 Å². The molecule has 0 bridgehead atoms. The Bertz CT molecular complexity index is 1010. The number of carbonyl (C=O) groups is 1. The van der Waals surface area contributed by atoms with Crippen molar-refractivity contribution in [3.8, 4) is 5.88 Å². The summed E-state index contributed by atoms with van der Waals surface area (Å²) in [5.74, 6) is -0.633. The standard InChI is InChI=1S/C16H19N5O3/c1-8(2)7-20-14-10-5-6-17-12(10)19-21(14)16(24)11(15(20)23)13(22)18-9-3-4-9/h5-6,8-9,23H,3-4,7H2,1-2H3,(H,17,19)(H,18,22). The van der Waals surface area contributed by atoms with Gasteiger partial charge in [0.05, 0.1) is 5.39 Å². The number of nitrogens with one attached hydrogen (secondary N) is 2. The molecule has 0 atom stereocenters. The summed E-state index contributed by atoms with van der Waals surface area (Å²) in [6.45, 7) is 4.47. The van der Waals surface area contributed by atoms with Crippen LogP contribution in [0.3, 0.4) is 0 Å². The van der Waals surface area contributed by atoms with E-state index in [1.807, 2.05) is 13.8 Å². The SMILES string of the molecule is CC(C)Cn1c(O)c(C(=O)NC2CC2)c(=O)n2nc3[nH]ccc3c12. The third kappa shape index (κ3) is 2.17. The highest BCUT2D eigenvalue weighted by molar-refractivity contribution is 5.98. The summed E-state index contributed by atoms with van der Waals surface area (Å²) in [5, 5.41) is 18.4. The zero-order chi connectivity index (χ0) is 17.0. The van der Waals surface area contributed by atoms with Crippen molar-refractivity contribution >= 4 is 22.6 Å². The molecule has 1 fully saturated rings. The van der Waals surface area contributed by atoms with E-state index in [2.05, 4.69) is 15.4 Å². The van der Waals surface area contributed by atoms with E-state index in [0.717, 1.165) is 18.2 Å². The van der Waals surface area contributed by atoms with Gasteiger partial charge in [0.25, 0.3) is 11.5 Å². The molecule has 0 spiro atoms. The van der Waals surface area contributed by atoms with Crippen LogP contribution < -0.4 is 10.9 Å². The first-order valence-corrected chi connectivity index (χ1v) is 8.09. The van der Waals surface area contributed by atoms with Gasteiger partial charge in [-0.2, -0.15) is 4.52 Å². The maximum absolute atomic E-state index is 12.8. The van der Waals surface area contributed by atoms with Crippen LogP contribution in [0, 0.1) is 5.92 Å². The van der Waals surface area contributed by atoms with Crippen molar-refractivity contribution < 1.29 is 9.90 Å². The molecule has 3 N–H and O–H groups in total. The van der Waals surface area contributed by atoms with Crippen molar-refractivity contribution in [1.29, 1.82) is 0 Å². The lowest BCUT2D eigenvalue weighted by atomic mass is 10.2. The molecular weight excluding hydrogens is 310 g/mol. The van der Waals surface area contributed by atoms with Crippen LogP contribution in [0.15, 0.2) is 17.1 Å². The number of nitrogens with zero attached hydrogens (tertiary/aromatic N) is 3. The predicted molar refractivity (Wildman–Crippen MR) is 88.3 cm³/mol. The molecule has 4 rings (SSSR count). The Morgan fingerprint density at radius 2 is 2.25 bits per heavy atom. The molecule has 1 aliphatic rings. The highest BCUT2D eigenvalue weighted by Gasteiger charge is 2.30. The average molecular weight is 329 g/mol. The Kier molecular flexibility index (Phi) is 3.16. The number of rotatable bonds is 4. The summed E-state index contributed by atoms with van der Waals surface area (Å²) in [7, 11) is 0. The Morgan fingerprint density at radius 3 is 2.92 bits per heavy atom. The molecule has 8 heteroatoms. The monoisotopic (exact) mass is 329 g/mol. The van der Waals surface area contributed by atoms with E-state index in [4.69, 9.17) is 0 Å². The summed E-state index contributed by atoms with van der Waals surface area (Å²) in [4.78, 5) is 28.1. The number of carbonyl (C=O) groups excluding carboxylic acids is 1. The van der Waals surface area contributed by atoms with Crippen molar-refractivity contribution in [2.45, 2.75) is 39.3 Å². The van der Waals surface area contributed by atoms with Crippen molar-refractivity contribution in [2.24, 2.45) is 5.92 Å². The van der Waals surface area contributed by atoms with Crippen molar-refractivity contribution in [1.82, 2.24) is 24.5 Å². The zero-order valence-corrected chi connectivity index (χ0v) is 13.5. The molecule has 0 saturated heterocycles. The maximum atomic E-state index is 12.8. The fourth-order valence-corrected chi connectivity index (χ4v) is 2.95. The normalized spacial score (nSPS) is 14.8. The molecule has 126 valence electrons. The van der Waals surface area contributed by atoms with Crippen LogP contribution in [-0.2, 0) is 6.54 Å². The van der Waals surface area contributed by atoms with Crippen molar-refractivity contribution in [2.75, 3.05) is 0 Å². The topological polar surface area (TPSA) is 104 Å². The number of aromatic amines is 1. The molecule has 3 heterocycles. The van der Waals surface area contributed by atoms with E-state index < -0.39 is 11.5 Å². The lowest BCUT2D eigenvalue weighted by Gasteiger charge is -2.16. The van der Waals surface area contributed by atoms with Gasteiger partial charge >= 0.3 is 0 Å². The van der Waals surface area contributed by atoms with E-state index in [-0.39, 0.29) is 23.4 Å². The minimum atomic E-state index is -0.606. The van der Waals surface area contributed by atoms with Gasteiger partial charge < -0.3 is 15.4 Å². The van der Waals surface area contributed by atoms with Gasteiger partial charge in [-0.25, -0.2) is 0 Å². The Balaban J connectivity index is 2.02. The lowest BCUT2D eigenvalue weighted by Crippen LogP contribution is -2.34. The molecule has 1 aliphatic carbocycles. The van der Waals surface area contributed by atoms with Gasteiger partial charge in [0.2, 0.25) is 5.88 Å². The fraction of sp³-hybridized carbons (Fsp3) is 0.438. The summed E-state index contributed by atoms with van der Waals surface area (Å²) in [6.07, 6.45) is 3.53. The number of aromatic nitrogens is 4. The van der Waals surface area contributed by atoms with Crippen LogP contribution in [0.25, 0.3) is 16.7 Å². The number of amides is 1. The molecule has 1 saturated carbocycles. The van der Waals surface area contributed by atoms with Crippen LogP contribution in [0.4, 0.5) is 0 Å². The largest absolute Gasteiger partial charge is 0.494 e. The van der Waals surface area contributed by atoms with Gasteiger partial charge in [-0.3, -0.25) is 14.2 Å². The van der Waals surface area contributed by atoms with E-state index >= 15 is 0 Å². The highest BCUT2D eigenvalue weighted by Crippen LogP contribution is 2.26. The third-order valence-corrected chi connectivity index (χ3v) is 4.20. The molecule has 8 nitrogen and oxygen atoms in total. The zero-order valence-electron chi connectivity index (χ0n) is 13.5. The molecule has 0 aromatic carbocycles. The van der Waals surface area contributed by atoms with Gasteiger partial charge in [0.1, 0.15) is 0 Å². The van der Waals surface area contributed by atoms with Gasteiger partial charge in [-0.15, -0.1) is 5.10 Å². The predicted octanol–water partition coefficient (Wildman–Crippen LogP) is 1.23. The Hall–Kier alpha value is -2.77. The smallest absolute Gasteiger partial charge is 0.291 e. The minimum Gasteiger partial charge on any atom is -0.494 e. The molecule has 0 unspecified atom stereocenters. The Labute approximate surface area is 137 Å². The maximum Gasteiger partial charge on any atom is 0.291 e. The first-order valence-electron chi connectivity index (χ1n) is 8.09. The first-order chi connectivity index (χ1) is 11.5. The summed E-state index contributed by atoms with van der Waals surface area (Å²) in [6, 6.07) is 1.90. The summed E-state index contributed by atoms with van der Waals surface area (Å²) < 4.78 is 2.79. The fourth-order valence-electron chi connectivity index (χ4n) is 2.95. The number of aromatic hydroxyl groups is 1. The highest BCUT2D eigenvalue weighted by atomic mass is 16.3. The van der Waals surface area contributed by atoms with Gasteiger partial charge in [-0.05, 0) is 24.8 Å². The number of fused-ring (bicyclic) bond motifs is 3. The van der Waals surface area contributed by atoms with Gasteiger partial charge in [0.15, 0.2) is 16.9 Å². The number of hydrogen-bond acceptors (Lipinski definition) is 4. The molecular formula is C16H19N5O3. The van der Waals surface area contributed by atoms with E-state index in [1.165, 1.54) is 4.52 Å². The quantitative estimate of drug-likeness (QED) is 0.669. The minimum absolute atomic E-state index is 0.0952. The summed E-state index contributed by atoms with van der Waals surface area (Å²) >= 11 is 0. The summed E-state index contributed by atoms with van der Waals surface area (Å²) in [5.41, 5.74) is 0.180. The van der Waals surface area contributed by atoms with Crippen LogP contribution >= 0.6 is 0 Å². The van der Waals surface area contributed by atoms with Crippen LogP contribution in [0.2, 0.25) is 0 Å². The molecule has 3 aromatic rings. The van der Waals surface area contributed by atoms with Crippen LogP contribution in [0.1, 0.15) is 37.0 Å². The number of hydrogen-bond donors (Lipinski definition) is 3. The van der Waals surface area contributed by atoms with Crippen molar-refractivity contribution in [3.05, 3.63) is 28.2 Å².